The summed E-state index contributed by atoms with van der Waals surface area (Å²) in [6.07, 6.45) is 19.6. The molecule has 2 heteroatoms. The molecule has 0 spiro atoms. The van der Waals surface area contributed by atoms with E-state index in [1.54, 1.807) is 0 Å². The van der Waals surface area contributed by atoms with Gasteiger partial charge in [-0.1, -0.05) is 44.9 Å². The molecular formula is C18H31NS. The van der Waals surface area contributed by atoms with Crippen LogP contribution in [0, 0.1) is 0 Å². The van der Waals surface area contributed by atoms with Crippen LogP contribution in [0.25, 0.3) is 0 Å². The molecule has 0 N–H and O–H groups in total. The Balaban J connectivity index is 1.58. The summed E-state index contributed by atoms with van der Waals surface area (Å²) in [5.41, 5.74) is 0. The van der Waals surface area contributed by atoms with E-state index in [1.165, 1.54) is 83.5 Å². The van der Waals surface area contributed by atoms with Crippen LogP contribution in [0.4, 0.5) is 0 Å². The van der Waals surface area contributed by atoms with Gasteiger partial charge in [0.15, 0.2) is 0 Å². The summed E-state index contributed by atoms with van der Waals surface area (Å²) >= 11 is 2.43. The van der Waals surface area contributed by atoms with Gasteiger partial charge in [-0.2, -0.15) is 11.8 Å². The van der Waals surface area contributed by atoms with Gasteiger partial charge in [0.1, 0.15) is 0 Å². The predicted molar refractivity (Wildman–Crippen MR) is 88.4 cm³/mol. The molecule has 4 rings (SSSR count). The Hall–Kier alpha value is 0.310. The van der Waals surface area contributed by atoms with Gasteiger partial charge >= 0.3 is 0 Å². The first-order valence-corrected chi connectivity index (χ1v) is 10.3. The Kier molecular flexibility index (Phi) is 4.32. The molecule has 3 saturated carbocycles. The summed E-state index contributed by atoms with van der Waals surface area (Å²) in [4.78, 5) is 3.13. The summed E-state index contributed by atoms with van der Waals surface area (Å²) < 4.78 is 0. The highest BCUT2D eigenvalue weighted by Gasteiger charge is 2.47. The third-order valence-corrected chi connectivity index (χ3v) is 8.25. The van der Waals surface area contributed by atoms with E-state index in [9.17, 15) is 0 Å². The molecule has 1 aliphatic heterocycles. The van der Waals surface area contributed by atoms with Gasteiger partial charge in [0.25, 0.3) is 0 Å². The fourth-order valence-electron chi connectivity index (χ4n) is 5.55. The zero-order valence-electron chi connectivity index (χ0n) is 12.9. The summed E-state index contributed by atoms with van der Waals surface area (Å²) in [6, 6.07) is 2.87. The number of fused-ring (bicyclic) bond motifs is 2. The van der Waals surface area contributed by atoms with Gasteiger partial charge in [-0.15, -0.1) is 0 Å². The lowest BCUT2D eigenvalue weighted by molar-refractivity contribution is 0.0196. The lowest BCUT2D eigenvalue weighted by Crippen LogP contribution is -2.62. The van der Waals surface area contributed by atoms with Crippen LogP contribution in [0.15, 0.2) is 0 Å². The molecule has 4 fully saturated rings. The highest BCUT2D eigenvalue weighted by atomic mass is 32.2. The minimum Gasteiger partial charge on any atom is -0.292 e. The quantitative estimate of drug-likeness (QED) is 0.670. The Labute approximate surface area is 129 Å². The standard InChI is InChI=1S/C18H31NS/c1-2-8-14(9-3-1)19-15-10-4-6-12-17(15)20-18-13-7-5-11-16(18)19/h14-18H,1-13H2. The van der Waals surface area contributed by atoms with E-state index in [0.29, 0.717) is 0 Å². The summed E-state index contributed by atoms with van der Waals surface area (Å²) in [5.74, 6) is 0. The third kappa shape index (κ3) is 2.56. The Bertz CT molecular complexity index is 303. The highest BCUT2D eigenvalue weighted by Crippen LogP contribution is 2.48. The number of nitrogens with zero attached hydrogens (tertiary/aromatic N) is 1. The van der Waals surface area contributed by atoms with Crippen LogP contribution in [0.2, 0.25) is 0 Å². The van der Waals surface area contributed by atoms with Gasteiger partial charge in [0.2, 0.25) is 0 Å². The molecule has 0 bridgehead atoms. The number of hydrogen-bond donors (Lipinski definition) is 0. The molecule has 1 saturated heterocycles. The second-order valence-corrected chi connectivity index (χ2v) is 9.14. The molecule has 4 atom stereocenters. The van der Waals surface area contributed by atoms with Crippen molar-refractivity contribution in [2.45, 2.75) is 112 Å². The van der Waals surface area contributed by atoms with Crippen molar-refractivity contribution >= 4 is 11.8 Å². The van der Waals surface area contributed by atoms with Crippen molar-refractivity contribution in [3.63, 3.8) is 0 Å². The van der Waals surface area contributed by atoms with E-state index in [4.69, 9.17) is 0 Å². The molecule has 114 valence electrons. The lowest BCUT2D eigenvalue weighted by atomic mass is 9.83. The maximum Gasteiger partial charge on any atom is 0.0221 e. The number of rotatable bonds is 1. The molecule has 0 aromatic carbocycles. The fraction of sp³-hybridized carbons (Fsp3) is 1.00. The number of hydrogen-bond acceptors (Lipinski definition) is 2. The fourth-order valence-corrected chi connectivity index (χ4v) is 7.52. The van der Waals surface area contributed by atoms with Crippen LogP contribution in [0.5, 0.6) is 0 Å². The average molecular weight is 294 g/mol. The molecule has 1 heterocycles. The Morgan fingerprint density at radius 2 is 1.05 bits per heavy atom. The summed E-state index contributed by atoms with van der Waals surface area (Å²) in [5, 5.41) is 1.98. The monoisotopic (exact) mass is 293 g/mol. The topological polar surface area (TPSA) is 3.24 Å². The molecule has 4 aliphatic rings. The van der Waals surface area contributed by atoms with Crippen LogP contribution < -0.4 is 0 Å². The first-order valence-electron chi connectivity index (χ1n) is 9.36. The van der Waals surface area contributed by atoms with Gasteiger partial charge in [-0.05, 0) is 38.5 Å². The van der Waals surface area contributed by atoms with E-state index in [2.05, 4.69) is 16.7 Å². The SMILES string of the molecule is C1CCC(N2C3CCCCC3SC3CCCCC32)CC1. The largest absolute Gasteiger partial charge is 0.292 e. The minimum atomic E-state index is 0.955. The molecular weight excluding hydrogens is 262 g/mol. The first-order chi connectivity index (χ1) is 9.93. The zero-order chi connectivity index (χ0) is 13.4. The van der Waals surface area contributed by atoms with Gasteiger partial charge in [-0.3, -0.25) is 4.90 Å². The molecule has 1 nitrogen and oxygen atoms in total. The molecule has 20 heavy (non-hydrogen) atoms. The Morgan fingerprint density at radius 1 is 0.550 bits per heavy atom. The second-order valence-electron chi connectivity index (χ2n) is 7.66. The first kappa shape index (κ1) is 13.9. The second kappa shape index (κ2) is 6.20. The maximum absolute atomic E-state index is 3.13. The minimum absolute atomic E-state index is 0.955. The van der Waals surface area contributed by atoms with Gasteiger partial charge in [-0.25, -0.2) is 0 Å². The lowest BCUT2D eigenvalue weighted by Gasteiger charge is -2.56. The predicted octanol–water partition coefficient (Wildman–Crippen LogP) is 4.99. The van der Waals surface area contributed by atoms with Crippen LogP contribution in [0.1, 0.15) is 83.5 Å². The van der Waals surface area contributed by atoms with Crippen LogP contribution in [-0.2, 0) is 0 Å². The average Bonchev–Trinajstić information content (AvgIpc) is 2.53. The van der Waals surface area contributed by atoms with Crippen molar-refractivity contribution in [2.24, 2.45) is 0 Å². The molecule has 0 aromatic heterocycles. The van der Waals surface area contributed by atoms with Crippen molar-refractivity contribution in [2.75, 3.05) is 0 Å². The van der Waals surface area contributed by atoms with E-state index in [-0.39, 0.29) is 0 Å². The van der Waals surface area contributed by atoms with Crippen molar-refractivity contribution in [3.05, 3.63) is 0 Å². The highest BCUT2D eigenvalue weighted by molar-refractivity contribution is 8.00. The summed E-state index contributed by atoms with van der Waals surface area (Å²) in [7, 11) is 0. The van der Waals surface area contributed by atoms with E-state index in [0.717, 1.165) is 28.6 Å². The summed E-state index contributed by atoms with van der Waals surface area (Å²) in [6.45, 7) is 0. The maximum atomic E-state index is 3.13. The number of thioether (sulfide) groups is 1. The zero-order valence-corrected chi connectivity index (χ0v) is 13.8. The van der Waals surface area contributed by atoms with Crippen molar-refractivity contribution in [1.29, 1.82) is 0 Å². The molecule has 3 aliphatic carbocycles. The van der Waals surface area contributed by atoms with E-state index < -0.39 is 0 Å². The van der Waals surface area contributed by atoms with Crippen molar-refractivity contribution in [3.8, 4) is 0 Å². The Morgan fingerprint density at radius 3 is 1.65 bits per heavy atom. The van der Waals surface area contributed by atoms with E-state index in [1.807, 2.05) is 0 Å². The van der Waals surface area contributed by atoms with Crippen LogP contribution >= 0.6 is 11.8 Å². The van der Waals surface area contributed by atoms with Gasteiger partial charge < -0.3 is 0 Å². The molecule has 4 unspecified atom stereocenters. The molecule has 0 amide bonds. The normalized spacial score (nSPS) is 43.8. The molecule has 0 aromatic rings. The van der Waals surface area contributed by atoms with Crippen molar-refractivity contribution < 1.29 is 0 Å². The van der Waals surface area contributed by atoms with Crippen LogP contribution in [-0.4, -0.2) is 33.5 Å². The van der Waals surface area contributed by atoms with Crippen molar-refractivity contribution in [1.82, 2.24) is 4.90 Å². The third-order valence-electron chi connectivity index (χ3n) is 6.45. The van der Waals surface area contributed by atoms with Gasteiger partial charge in [0, 0.05) is 28.6 Å². The molecule has 0 radical (unpaired) electrons. The van der Waals surface area contributed by atoms with Crippen LogP contribution in [0.3, 0.4) is 0 Å². The smallest absolute Gasteiger partial charge is 0.0221 e. The van der Waals surface area contributed by atoms with E-state index >= 15 is 0 Å². The van der Waals surface area contributed by atoms with Gasteiger partial charge in [0.05, 0.1) is 0 Å².